The Labute approximate surface area is 115 Å². The van der Waals surface area contributed by atoms with Gasteiger partial charge in [0.05, 0.1) is 19.8 Å². The van der Waals surface area contributed by atoms with Gasteiger partial charge < -0.3 is 20.1 Å². The minimum absolute atomic E-state index is 0.0200. The highest BCUT2D eigenvalue weighted by Gasteiger charge is 2.02. The Kier molecular flexibility index (Phi) is 11.5. The van der Waals surface area contributed by atoms with E-state index in [1.807, 2.05) is 16.2 Å². The summed E-state index contributed by atoms with van der Waals surface area (Å²) in [5, 5.41) is 5.37. The van der Waals surface area contributed by atoms with Crippen molar-refractivity contribution in [1.82, 2.24) is 10.6 Å². The standard InChI is InChI=1S/C10H21N2O4PS/c1-8(18)6-12-9(13)7-16-5-4-15-3-2-11-10(14)17/h8,18H,2-7,17H2,1H3,(H,11,14)(H,12,13). The van der Waals surface area contributed by atoms with Gasteiger partial charge in [0.15, 0.2) is 0 Å². The zero-order valence-electron chi connectivity index (χ0n) is 10.5. The zero-order chi connectivity index (χ0) is 13.8. The second kappa shape index (κ2) is 11.7. The van der Waals surface area contributed by atoms with E-state index in [4.69, 9.17) is 9.47 Å². The highest BCUT2D eigenvalue weighted by Crippen LogP contribution is 1.88. The summed E-state index contributed by atoms with van der Waals surface area (Å²) in [5.74, 6) is -0.161. The summed E-state index contributed by atoms with van der Waals surface area (Å²) in [6.45, 7) is 4.06. The SMILES string of the molecule is CC(S)CNC(=O)COCCOCCNC(=O)P. The van der Waals surface area contributed by atoms with Crippen LogP contribution in [0, 0.1) is 0 Å². The van der Waals surface area contributed by atoms with Gasteiger partial charge in [-0.25, -0.2) is 0 Å². The first-order valence-corrected chi connectivity index (χ1v) is 6.75. The van der Waals surface area contributed by atoms with Crippen molar-refractivity contribution in [3.05, 3.63) is 0 Å². The lowest BCUT2D eigenvalue weighted by atomic mass is 10.4. The lowest BCUT2D eigenvalue weighted by Gasteiger charge is -2.08. The van der Waals surface area contributed by atoms with Crippen molar-refractivity contribution < 1.29 is 19.1 Å². The molecule has 0 bridgehead atoms. The molecule has 0 aliphatic carbocycles. The van der Waals surface area contributed by atoms with Crippen molar-refractivity contribution >= 4 is 33.4 Å². The summed E-state index contributed by atoms with van der Waals surface area (Å²) >= 11 is 4.14. The lowest BCUT2D eigenvalue weighted by Crippen LogP contribution is -2.32. The molecule has 0 aromatic heterocycles. The van der Waals surface area contributed by atoms with Crippen LogP contribution >= 0.6 is 21.9 Å². The molecule has 2 unspecified atom stereocenters. The average molecular weight is 296 g/mol. The van der Waals surface area contributed by atoms with Crippen molar-refractivity contribution in [2.45, 2.75) is 12.2 Å². The van der Waals surface area contributed by atoms with Crippen LogP contribution < -0.4 is 10.6 Å². The second-order valence-corrected chi connectivity index (χ2v) is 5.02. The molecular formula is C10H21N2O4PS. The van der Waals surface area contributed by atoms with Crippen molar-refractivity contribution in [1.29, 1.82) is 0 Å². The van der Waals surface area contributed by atoms with Crippen molar-refractivity contribution in [3.8, 4) is 0 Å². The number of ether oxygens (including phenoxy) is 2. The first-order chi connectivity index (χ1) is 8.52. The molecule has 0 rings (SSSR count). The Morgan fingerprint density at radius 3 is 2.50 bits per heavy atom. The van der Waals surface area contributed by atoms with E-state index in [2.05, 4.69) is 23.3 Å². The van der Waals surface area contributed by atoms with Crippen LogP contribution in [-0.4, -0.2) is 56.3 Å². The summed E-state index contributed by atoms with van der Waals surface area (Å²) in [7, 11) is 2.02. The number of thiol groups is 1. The van der Waals surface area contributed by atoms with Crippen LogP contribution in [0.3, 0.4) is 0 Å². The van der Waals surface area contributed by atoms with Gasteiger partial charge in [-0.3, -0.25) is 9.59 Å². The van der Waals surface area contributed by atoms with E-state index in [-0.39, 0.29) is 23.4 Å². The van der Waals surface area contributed by atoms with Crippen molar-refractivity contribution in [2.75, 3.05) is 39.5 Å². The predicted octanol–water partition coefficient (Wildman–Crippen LogP) is 0.0388. The fourth-order valence-corrected chi connectivity index (χ4v) is 1.18. The Balaban J connectivity index is 3.20. The third-order valence-corrected chi connectivity index (χ3v) is 2.13. The Hall–Kier alpha value is -0.360. The number of carbonyl (C=O) groups is 2. The van der Waals surface area contributed by atoms with Crippen LogP contribution in [0.5, 0.6) is 0 Å². The van der Waals surface area contributed by atoms with Gasteiger partial charge in [-0.05, 0) is 9.24 Å². The van der Waals surface area contributed by atoms with Crippen LogP contribution in [0.15, 0.2) is 0 Å². The van der Waals surface area contributed by atoms with E-state index < -0.39 is 0 Å². The molecule has 0 aliphatic rings. The second-order valence-electron chi connectivity index (χ2n) is 3.61. The summed E-state index contributed by atoms with van der Waals surface area (Å²) < 4.78 is 10.3. The summed E-state index contributed by atoms with van der Waals surface area (Å²) in [5.41, 5.74) is -0.162. The fraction of sp³-hybridized carbons (Fsp3) is 0.800. The first-order valence-electron chi connectivity index (χ1n) is 5.66. The third-order valence-electron chi connectivity index (χ3n) is 1.75. The highest BCUT2D eigenvalue weighted by molar-refractivity contribution is 7.80. The maximum absolute atomic E-state index is 11.2. The van der Waals surface area contributed by atoms with Gasteiger partial charge in [-0.2, -0.15) is 12.6 Å². The third kappa shape index (κ3) is 13.7. The predicted molar refractivity (Wildman–Crippen MR) is 76.2 cm³/mol. The Bertz CT molecular complexity index is 254. The minimum atomic E-state index is -0.162. The molecule has 0 aliphatic heterocycles. The molecule has 0 spiro atoms. The van der Waals surface area contributed by atoms with Crippen LogP contribution in [0.2, 0.25) is 0 Å². The smallest absolute Gasteiger partial charge is 0.246 e. The molecule has 106 valence electrons. The number of amides is 2. The molecular weight excluding hydrogens is 275 g/mol. The molecule has 6 nitrogen and oxygen atoms in total. The summed E-state index contributed by atoms with van der Waals surface area (Å²) in [6, 6.07) is 0. The number of rotatable bonds is 10. The van der Waals surface area contributed by atoms with Crippen molar-refractivity contribution in [2.24, 2.45) is 0 Å². The number of carbonyl (C=O) groups excluding carboxylic acids is 2. The Morgan fingerprint density at radius 2 is 1.89 bits per heavy atom. The van der Waals surface area contributed by atoms with E-state index in [9.17, 15) is 9.59 Å². The van der Waals surface area contributed by atoms with Gasteiger partial charge in [-0.1, -0.05) is 6.92 Å². The summed E-state index contributed by atoms with van der Waals surface area (Å²) in [4.78, 5) is 21.7. The maximum atomic E-state index is 11.2. The quantitative estimate of drug-likeness (QED) is 0.302. The molecule has 0 saturated carbocycles. The molecule has 0 aromatic carbocycles. The van der Waals surface area contributed by atoms with E-state index in [0.29, 0.717) is 32.9 Å². The molecule has 0 radical (unpaired) electrons. The van der Waals surface area contributed by atoms with E-state index in [1.54, 1.807) is 0 Å². The van der Waals surface area contributed by atoms with Gasteiger partial charge in [0.2, 0.25) is 11.6 Å². The van der Waals surface area contributed by atoms with Crippen molar-refractivity contribution in [3.63, 3.8) is 0 Å². The van der Waals surface area contributed by atoms with E-state index in [1.165, 1.54) is 0 Å². The topological polar surface area (TPSA) is 76.7 Å². The minimum Gasteiger partial charge on any atom is -0.377 e. The monoisotopic (exact) mass is 296 g/mol. The molecule has 0 saturated heterocycles. The maximum Gasteiger partial charge on any atom is 0.246 e. The van der Waals surface area contributed by atoms with Crippen LogP contribution in [0.25, 0.3) is 0 Å². The first kappa shape index (κ1) is 17.6. The molecule has 0 heterocycles. The molecule has 0 aromatic rings. The molecule has 18 heavy (non-hydrogen) atoms. The number of hydrogen-bond donors (Lipinski definition) is 3. The fourth-order valence-electron chi connectivity index (χ4n) is 0.944. The van der Waals surface area contributed by atoms with Crippen LogP contribution in [0.4, 0.5) is 4.79 Å². The molecule has 2 atom stereocenters. The molecule has 0 fully saturated rings. The van der Waals surface area contributed by atoms with Gasteiger partial charge in [0, 0.05) is 18.3 Å². The normalized spacial score (nSPS) is 11.9. The van der Waals surface area contributed by atoms with Gasteiger partial charge in [0.25, 0.3) is 0 Å². The molecule has 8 heteroatoms. The highest BCUT2D eigenvalue weighted by atomic mass is 32.1. The lowest BCUT2D eigenvalue weighted by molar-refractivity contribution is -0.126. The van der Waals surface area contributed by atoms with Crippen LogP contribution in [-0.2, 0) is 14.3 Å². The van der Waals surface area contributed by atoms with Gasteiger partial charge in [0.1, 0.15) is 6.61 Å². The summed E-state index contributed by atoms with van der Waals surface area (Å²) in [6.07, 6.45) is 0. The van der Waals surface area contributed by atoms with Gasteiger partial charge in [-0.15, -0.1) is 0 Å². The molecule has 2 N–H and O–H groups in total. The number of hydrogen-bond acceptors (Lipinski definition) is 5. The van der Waals surface area contributed by atoms with E-state index in [0.717, 1.165) is 0 Å². The van der Waals surface area contributed by atoms with E-state index >= 15 is 0 Å². The Morgan fingerprint density at radius 1 is 1.22 bits per heavy atom. The van der Waals surface area contributed by atoms with Gasteiger partial charge >= 0.3 is 0 Å². The molecule has 2 amide bonds. The zero-order valence-corrected chi connectivity index (χ0v) is 12.5. The van der Waals surface area contributed by atoms with Crippen LogP contribution in [0.1, 0.15) is 6.92 Å². The number of nitrogens with one attached hydrogen (secondary N) is 2. The average Bonchev–Trinajstić information content (AvgIpc) is 2.29. The largest absolute Gasteiger partial charge is 0.377 e.